The van der Waals surface area contributed by atoms with E-state index in [1.165, 1.54) is 6.07 Å². The van der Waals surface area contributed by atoms with Gasteiger partial charge in [0.25, 0.3) is 0 Å². The third-order valence-corrected chi connectivity index (χ3v) is 4.88. The zero-order chi connectivity index (χ0) is 16.5. The summed E-state index contributed by atoms with van der Waals surface area (Å²) < 4.78 is 64.8. The number of nitriles is 1. The molecule has 0 aromatic heterocycles. The Morgan fingerprint density at radius 1 is 1.39 bits per heavy atom. The fraction of sp³-hybridized carbons (Fsp3) is 0.462. The predicted molar refractivity (Wildman–Crippen MR) is 79.3 cm³/mol. The van der Waals surface area contributed by atoms with Crippen LogP contribution in [0.2, 0.25) is 0 Å². The molecule has 0 amide bonds. The molecule has 1 aromatic carbocycles. The van der Waals surface area contributed by atoms with Gasteiger partial charge in [-0.25, -0.2) is 13.1 Å². The Hall–Kier alpha value is -1.34. The van der Waals surface area contributed by atoms with Crippen molar-refractivity contribution >= 4 is 22.4 Å². The van der Waals surface area contributed by atoms with Gasteiger partial charge < -0.3 is 5.73 Å². The zero-order valence-electron chi connectivity index (χ0n) is 11.8. The van der Waals surface area contributed by atoms with E-state index in [4.69, 9.17) is 11.0 Å². The number of rotatable bonds is 5. The molecule has 1 aromatic rings. The lowest BCUT2D eigenvalue weighted by molar-refractivity contribution is -0.137. The van der Waals surface area contributed by atoms with Crippen molar-refractivity contribution in [1.29, 1.82) is 5.26 Å². The number of hydrogen-bond acceptors (Lipinski definition) is 4. The maximum atomic E-state index is 12.8. The normalized spacial score (nSPS) is 16.3. The number of halogens is 4. The molecule has 0 saturated heterocycles. The lowest BCUT2D eigenvalue weighted by atomic mass is 10.1. The summed E-state index contributed by atoms with van der Waals surface area (Å²) in [5, 5.41) is 8.69. The summed E-state index contributed by atoms with van der Waals surface area (Å²) in [6, 6.07) is 3.33. The molecule has 1 unspecified atom stereocenters. The molecule has 5 nitrogen and oxygen atoms in total. The Balaban J connectivity index is 0.00000264. The van der Waals surface area contributed by atoms with Crippen molar-refractivity contribution in [3.05, 3.63) is 29.3 Å². The third kappa shape index (κ3) is 4.81. The van der Waals surface area contributed by atoms with Crippen LogP contribution in [-0.4, -0.2) is 21.0 Å². The standard InChI is InChI=1S/C13H14F3N3O2S.ClH/c14-13(15,16)11-5-10(4-3-9(11)6-17)22(20,21)19-7-12(18)8-1-2-8;/h3-5,8,12,19H,1-2,7,18H2;1H. The van der Waals surface area contributed by atoms with Gasteiger partial charge in [-0.15, -0.1) is 12.4 Å². The molecule has 0 radical (unpaired) electrons. The summed E-state index contributed by atoms with van der Waals surface area (Å²) in [7, 11) is -4.11. The highest BCUT2D eigenvalue weighted by Gasteiger charge is 2.35. The lowest BCUT2D eigenvalue weighted by Gasteiger charge is -2.14. The summed E-state index contributed by atoms with van der Waals surface area (Å²) in [5.74, 6) is 0.259. The molecule has 1 saturated carbocycles. The number of nitrogens with two attached hydrogens (primary N) is 1. The first-order valence-corrected chi connectivity index (χ1v) is 8.00. The second-order valence-corrected chi connectivity index (χ2v) is 6.94. The van der Waals surface area contributed by atoms with Crippen molar-refractivity contribution in [2.45, 2.75) is 30.0 Å². The van der Waals surface area contributed by atoms with Gasteiger partial charge in [-0.1, -0.05) is 0 Å². The first-order valence-electron chi connectivity index (χ1n) is 6.52. The molecule has 0 heterocycles. The Labute approximate surface area is 138 Å². The van der Waals surface area contributed by atoms with Gasteiger partial charge in [0.2, 0.25) is 10.0 Å². The highest BCUT2D eigenvalue weighted by atomic mass is 35.5. The molecule has 0 bridgehead atoms. The largest absolute Gasteiger partial charge is 0.417 e. The van der Waals surface area contributed by atoms with Crippen molar-refractivity contribution in [3.63, 3.8) is 0 Å². The molecule has 2 rings (SSSR count). The van der Waals surface area contributed by atoms with Gasteiger partial charge in [0.1, 0.15) is 0 Å². The first kappa shape index (κ1) is 19.7. The van der Waals surface area contributed by atoms with E-state index in [0.717, 1.165) is 25.0 Å². The van der Waals surface area contributed by atoms with Crippen LogP contribution in [-0.2, 0) is 16.2 Å². The van der Waals surface area contributed by atoms with Gasteiger partial charge in [-0.2, -0.15) is 18.4 Å². The molecule has 0 aliphatic heterocycles. The molecule has 10 heteroatoms. The average molecular weight is 370 g/mol. The van der Waals surface area contributed by atoms with Crippen LogP contribution in [0.25, 0.3) is 0 Å². The van der Waals surface area contributed by atoms with Crippen molar-refractivity contribution in [1.82, 2.24) is 4.72 Å². The van der Waals surface area contributed by atoms with E-state index in [2.05, 4.69) is 4.72 Å². The minimum atomic E-state index is -4.80. The average Bonchev–Trinajstić information content (AvgIpc) is 3.27. The molecule has 1 fully saturated rings. The van der Waals surface area contributed by atoms with Crippen molar-refractivity contribution in [2.75, 3.05) is 6.54 Å². The fourth-order valence-corrected chi connectivity index (χ4v) is 3.10. The Kier molecular flexibility index (Phi) is 6.04. The summed E-state index contributed by atoms with van der Waals surface area (Å²) in [6.07, 6.45) is -2.95. The van der Waals surface area contributed by atoms with Crippen molar-refractivity contribution < 1.29 is 21.6 Å². The first-order chi connectivity index (χ1) is 10.1. The minimum Gasteiger partial charge on any atom is -0.326 e. The topological polar surface area (TPSA) is 96.0 Å². The van der Waals surface area contributed by atoms with E-state index < -0.39 is 32.2 Å². The van der Waals surface area contributed by atoms with Crippen LogP contribution in [0.4, 0.5) is 13.2 Å². The number of nitrogens with one attached hydrogen (secondary N) is 1. The molecule has 1 aliphatic carbocycles. The van der Waals surface area contributed by atoms with Gasteiger partial charge in [0, 0.05) is 12.6 Å². The van der Waals surface area contributed by atoms with Crippen LogP contribution in [0.1, 0.15) is 24.0 Å². The number of sulfonamides is 1. The van der Waals surface area contributed by atoms with Gasteiger partial charge in [-0.05, 0) is 37.0 Å². The summed E-state index contributed by atoms with van der Waals surface area (Å²) in [4.78, 5) is -0.540. The molecule has 0 spiro atoms. The van der Waals surface area contributed by atoms with Gasteiger partial charge >= 0.3 is 6.18 Å². The zero-order valence-corrected chi connectivity index (χ0v) is 13.4. The third-order valence-electron chi connectivity index (χ3n) is 3.46. The van der Waals surface area contributed by atoms with Gasteiger partial charge in [0.15, 0.2) is 0 Å². The molecule has 1 atom stereocenters. The number of alkyl halides is 3. The van der Waals surface area contributed by atoms with Crippen LogP contribution in [0, 0.1) is 17.2 Å². The predicted octanol–water partition coefficient (Wildman–Crippen LogP) is 2.01. The molecule has 1 aliphatic rings. The van der Waals surface area contributed by atoms with Gasteiger partial charge in [0.05, 0.1) is 22.1 Å². The molecular formula is C13H15ClF3N3O2S. The van der Waals surface area contributed by atoms with Gasteiger partial charge in [-0.3, -0.25) is 0 Å². The van der Waals surface area contributed by atoms with Crippen LogP contribution in [0.5, 0.6) is 0 Å². The van der Waals surface area contributed by atoms with Crippen LogP contribution < -0.4 is 10.5 Å². The monoisotopic (exact) mass is 369 g/mol. The SMILES string of the molecule is Cl.N#Cc1ccc(S(=O)(=O)NCC(N)C2CC2)cc1C(F)(F)F. The smallest absolute Gasteiger partial charge is 0.326 e. The summed E-state index contributed by atoms with van der Waals surface area (Å²) in [6.45, 7) is -0.0334. The Morgan fingerprint density at radius 3 is 2.48 bits per heavy atom. The van der Waals surface area contributed by atoms with Crippen molar-refractivity contribution in [3.8, 4) is 6.07 Å². The lowest BCUT2D eigenvalue weighted by Crippen LogP contribution is -2.38. The summed E-state index contributed by atoms with van der Waals surface area (Å²) >= 11 is 0. The van der Waals surface area contributed by atoms with E-state index in [9.17, 15) is 21.6 Å². The van der Waals surface area contributed by atoms with Crippen LogP contribution in [0.3, 0.4) is 0 Å². The molecular weight excluding hydrogens is 355 g/mol. The highest BCUT2D eigenvalue weighted by Crippen LogP contribution is 2.33. The maximum absolute atomic E-state index is 12.8. The second kappa shape index (κ2) is 7.05. The Bertz CT molecular complexity index is 712. The van der Waals surface area contributed by atoms with Crippen LogP contribution in [0.15, 0.2) is 23.1 Å². The fourth-order valence-electron chi connectivity index (χ4n) is 2.00. The second-order valence-electron chi connectivity index (χ2n) is 5.17. The molecule has 128 valence electrons. The maximum Gasteiger partial charge on any atom is 0.417 e. The number of nitrogens with zero attached hydrogens (tertiary/aromatic N) is 1. The van der Waals surface area contributed by atoms with E-state index in [-0.39, 0.29) is 30.9 Å². The van der Waals surface area contributed by atoms with E-state index in [0.29, 0.717) is 6.07 Å². The molecule has 3 N–H and O–H groups in total. The minimum absolute atomic E-state index is 0. The molecule has 23 heavy (non-hydrogen) atoms. The summed E-state index contributed by atoms with van der Waals surface area (Å²) in [5.41, 5.74) is 3.86. The van der Waals surface area contributed by atoms with E-state index >= 15 is 0 Å². The van der Waals surface area contributed by atoms with Crippen molar-refractivity contribution in [2.24, 2.45) is 11.7 Å². The van der Waals surface area contributed by atoms with Crippen LogP contribution >= 0.6 is 12.4 Å². The van der Waals surface area contributed by atoms with E-state index in [1.54, 1.807) is 0 Å². The Morgan fingerprint density at radius 2 is 2.00 bits per heavy atom. The van der Waals surface area contributed by atoms with E-state index in [1.807, 2.05) is 0 Å². The number of benzene rings is 1. The quantitative estimate of drug-likeness (QED) is 0.829. The highest BCUT2D eigenvalue weighted by molar-refractivity contribution is 7.89. The number of hydrogen-bond donors (Lipinski definition) is 2.